The highest BCUT2D eigenvalue weighted by Gasteiger charge is 2.46. The Morgan fingerprint density at radius 2 is 0.818 bits per heavy atom. The van der Waals surface area contributed by atoms with E-state index in [1.165, 1.54) is 82.9 Å². The molecule has 1 nitrogen and oxygen atoms in total. The van der Waals surface area contributed by atoms with E-state index in [-0.39, 0.29) is 5.41 Å². The minimum Gasteiger partial charge on any atom is -0.310 e. The normalized spacial score (nSPS) is 14.3. The Morgan fingerprint density at radius 3 is 1.49 bits per heavy atom. The van der Waals surface area contributed by atoms with Crippen molar-refractivity contribution in [1.82, 2.24) is 0 Å². The van der Waals surface area contributed by atoms with Gasteiger partial charge in [-0.1, -0.05) is 184 Å². The van der Waals surface area contributed by atoms with Gasteiger partial charge in [0.25, 0.3) is 0 Å². The topological polar surface area (TPSA) is 3.24 Å². The smallest absolute Gasteiger partial charge is 0.0714 e. The van der Waals surface area contributed by atoms with Gasteiger partial charge in [0, 0.05) is 22.2 Å². The van der Waals surface area contributed by atoms with Crippen molar-refractivity contribution in [2.24, 2.45) is 0 Å². The second-order valence-electron chi connectivity index (χ2n) is 15.7. The Morgan fingerprint density at radius 1 is 0.345 bits per heavy atom. The van der Waals surface area contributed by atoms with Crippen LogP contribution in [0.4, 0.5) is 17.1 Å². The Labute approximate surface area is 322 Å². The zero-order chi connectivity index (χ0) is 36.7. The molecule has 0 N–H and O–H groups in total. The summed E-state index contributed by atoms with van der Waals surface area (Å²) >= 11 is 0. The second-order valence-corrected chi connectivity index (χ2v) is 15.7. The van der Waals surface area contributed by atoms with E-state index < -0.39 is 5.41 Å². The van der Waals surface area contributed by atoms with Crippen LogP contribution in [0.2, 0.25) is 0 Å². The molecule has 260 valence electrons. The van der Waals surface area contributed by atoms with Crippen LogP contribution in [0, 0.1) is 0 Å². The Bertz CT molecular complexity index is 2920. The van der Waals surface area contributed by atoms with Gasteiger partial charge < -0.3 is 4.90 Å². The predicted molar refractivity (Wildman–Crippen MR) is 231 cm³/mol. The summed E-state index contributed by atoms with van der Waals surface area (Å²) in [6.07, 6.45) is 0. The highest BCUT2D eigenvalue weighted by Crippen LogP contribution is 2.58. The summed E-state index contributed by atoms with van der Waals surface area (Å²) in [6, 6.07) is 74.6. The van der Waals surface area contributed by atoms with Gasteiger partial charge in [0.1, 0.15) is 0 Å². The average Bonchev–Trinajstić information content (AvgIpc) is 3.67. The molecule has 0 unspecified atom stereocenters. The molecule has 2 aliphatic rings. The zero-order valence-electron chi connectivity index (χ0n) is 31.0. The van der Waals surface area contributed by atoms with Gasteiger partial charge in [-0.05, 0) is 102 Å². The maximum absolute atomic E-state index is 2.53. The standard InChI is InChI=1S/C54H39N/c1-53(2)48-27-15-13-24-43(48)45-31-29-39(34-50(45)53)55(52-33-36-17-9-10-22-41(36)42-23-11-12-26-47(42)52)40-30-32-46-44-25-14-16-28-49(44)54(51(46)35-40,37-18-5-3-6-19-37)38-20-7-4-8-21-38/h3-35H,1-2H3. The second kappa shape index (κ2) is 11.9. The number of benzene rings is 9. The minimum atomic E-state index is -0.497. The van der Waals surface area contributed by atoms with E-state index in [0.29, 0.717) is 0 Å². The van der Waals surface area contributed by atoms with Gasteiger partial charge in [-0.3, -0.25) is 0 Å². The van der Waals surface area contributed by atoms with Gasteiger partial charge in [0.2, 0.25) is 0 Å². The maximum atomic E-state index is 2.53. The van der Waals surface area contributed by atoms with Crippen LogP contribution in [-0.4, -0.2) is 0 Å². The van der Waals surface area contributed by atoms with Crippen LogP contribution in [0.3, 0.4) is 0 Å². The summed E-state index contributed by atoms with van der Waals surface area (Å²) < 4.78 is 0. The van der Waals surface area contributed by atoms with Crippen molar-refractivity contribution in [3.05, 3.63) is 234 Å². The molecule has 0 fully saturated rings. The molecule has 0 atom stereocenters. The third kappa shape index (κ3) is 4.47. The molecule has 0 aliphatic heterocycles. The third-order valence-electron chi connectivity index (χ3n) is 12.5. The molecule has 0 bridgehead atoms. The highest BCUT2D eigenvalue weighted by atomic mass is 15.1. The van der Waals surface area contributed by atoms with Crippen LogP contribution in [-0.2, 0) is 10.8 Å². The molecular weight excluding hydrogens is 663 g/mol. The summed E-state index contributed by atoms with van der Waals surface area (Å²) in [6.45, 7) is 4.75. The number of rotatable bonds is 5. The number of nitrogens with zero attached hydrogens (tertiary/aromatic N) is 1. The van der Waals surface area contributed by atoms with E-state index in [9.17, 15) is 0 Å². The van der Waals surface area contributed by atoms with Crippen LogP contribution >= 0.6 is 0 Å². The first kappa shape index (κ1) is 31.8. The summed E-state index contributed by atoms with van der Waals surface area (Å²) in [4.78, 5) is 2.53. The van der Waals surface area contributed by atoms with E-state index in [1.807, 2.05) is 0 Å². The number of hydrogen-bond donors (Lipinski definition) is 0. The molecule has 11 rings (SSSR count). The lowest BCUT2D eigenvalue weighted by Crippen LogP contribution is -2.28. The molecule has 0 heterocycles. The van der Waals surface area contributed by atoms with Crippen molar-refractivity contribution in [1.29, 1.82) is 0 Å². The molecule has 0 saturated carbocycles. The number of fused-ring (bicyclic) bond motifs is 9. The fourth-order valence-corrected chi connectivity index (χ4v) is 10.0. The average molecular weight is 702 g/mol. The first-order chi connectivity index (χ1) is 27.0. The van der Waals surface area contributed by atoms with Crippen LogP contribution in [0.1, 0.15) is 47.2 Å². The summed E-state index contributed by atoms with van der Waals surface area (Å²) in [7, 11) is 0. The molecule has 55 heavy (non-hydrogen) atoms. The molecule has 0 spiro atoms. The van der Waals surface area contributed by atoms with Gasteiger partial charge >= 0.3 is 0 Å². The van der Waals surface area contributed by atoms with Gasteiger partial charge in [0.05, 0.1) is 11.1 Å². The lowest BCUT2D eigenvalue weighted by Gasteiger charge is -2.35. The molecule has 9 aromatic rings. The number of anilines is 3. The third-order valence-corrected chi connectivity index (χ3v) is 12.5. The summed E-state index contributed by atoms with van der Waals surface area (Å²) in [5.41, 5.74) is 16.0. The number of hydrogen-bond acceptors (Lipinski definition) is 1. The van der Waals surface area contributed by atoms with E-state index in [0.717, 1.165) is 11.4 Å². The Kier molecular flexibility index (Phi) is 6.88. The van der Waals surface area contributed by atoms with E-state index >= 15 is 0 Å². The van der Waals surface area contributed by atoms with Crippen LogP contribution < -0.4 is 4.90 Å². The van der Waals surface area contributed by atoms with Gasteiger partial charge in [-0.15, -0.1) is 0 Å². The molecule has 0 radical (unpaired) electrons. The fourth-order valence-electron chi connectivity index (χ4n) is 10.0. The van der Waals surface area contributed by atoms with Gasteiger partial charge in [0.15, 0.2) is 0 Å². The van der Waals surface area contributed by atoms with Crippen molar-refractivity contribution in [2.75, 3.05) is 4.90 Å². The molecule has 0 aromatic heterocycles. The molecule has 2 aliphatic carbocycles. The molecule has 9 aromatic carbocycles. The Hall–Kier alpha value is -6.70. The molecule has 1 heteroatoms. The molecule has 0 amide bonds. The van der Waals surface area contributed by atoms with Crippen molar-refractivity contribution >= 4 is 38.6 Å². The van der Waals surface area contributed by atoms with Crippen LogP contribution in [0.25, 0.3) is 43.8 Å². The lowest BCUT2D eigenvalue weighted by molar-refractivity contribution is 0.660. The maximum Gasteiger partial charge on any atom is 0.0714 e. The first-order valence-electron chi connectivity index (χ1n) is 19.4. The largest absolute Gasteiger partial charge is 0.310 e. The lowest BCUT2D eigenvalue weighted by atomic mass is 9.67. The van der Waals surface area contributed by atoms with Gasteiger partial charge in [-0.25, -0.2) is 0 Å². The van der Waals surface area contributed by atoms with E-state index in [4.69, 9.17) is 0 Å². The van der Waals surface area contributed by atoms with Crippen molar-refractivity contribution in [2.45, 2.75) is 24.7 Å². The van der Waals surface area contributed by atoms with Crippen LogP contribution in [0.15, 0.2) is 200 Å². The monoisotopic (exact) mass is 701 g/mol. The summed E-state index contributed by atoms with van der Waals surface area (Å²) in [5, 5.41) is 4.98. The Balaban J connectivity index is 1.23. The highest BCUT2D eigenvalue weighted by molar-refractivity contribution is 6.14. The van der Waals surface area contributed by atoms with E-state index in [1.54, 1.807) is 0 Å². The first-order valence-corrected chi connectivity index (χ1v) is 19.4. The summed E-state index contributed by atoms with van der Waals surface area (Å²) in [5.74, 6) is 0. The minimum absolute atomic E-state index is 0.131. The van der Waals surface area contributed by atoms with Crippen molar-refractivity contribution in [3.63, 3.8) is 0 Å². The molecular formula is C54H39N. The SMILES string of the molecule is CC1(C)c2ccccc2-c2ccc(N(c3ccc4c(c3)C(c3ccccc3)(c3ccccc3)c3ccccc3-4)c3cc4ccccc4c4ccccc34)cc21. The van der Waals surface area contributed by atoms with Crippen LogP contribution in [0.5, 0.6) is 0 Å². The predicted octanol–water partition coefficient (Wildman–Crippen LogP) is 14.1. The van der Waals surface area contributed by atoms with Crippen molar-refractivity contribution in [3.8, 4) is 22.3 Å². The van der Waals surface area contributed by atoms with Gasteiger partial charge in [-0.2, -0.15) is 0 Å². The fraction of sp³-hybridized carbons (Fsp3) is 0.0741. The zero-order valence-corrected chi connectivity index (χ0v) is 31.0. The van der Waals surface area contributed by atoms with E-state index in [2.05, 4.69) is 219 Å². The quantitative estimate of drug-likeness (QED) is 0.162. The van der Waals surface area contributed by atoms with Crippen molar-refractivity contribution < 1.29 is 0 Å². The molecule has 0 saturated heterocycles.